The Hall–Kier alpha value is -1.42. The molecule has 0 fully saturated rings. The van der Waals surface area contributed by atoms with Crippen molar-refractivity contribution in [3.05, 3.63) is 17.7 Å². The van der Waals surface area contributed by atoms with Gasteiger partial charge in [-0.15, -0.1) is 11.6 Å². The Bertz CT molecular complexity index is 392. The fourth-order valence-corrected chi connectivity index (χ4v) is 1.48. The smallest absolute Gasteiger partial charge is 0.231 e. The van der Waals surface area contributed by atoms with E-state index in [1.165, 1.54) is 0 Å². The van der Waals surface area contributed by atoms with Crippen molar-refractivity contribution in [2.24, 2.45) is 0 Å². The van der Waals surface area contributed by atoms with E-state index in [4.69, 9.17) is 26.8 Å². The molecule has 14 heavy (non-hydrogen) atoms. The molecule has 2 N–H and O–H groups in total. The van der Waals surface area contributed by atoms with Crippen LogP contribution < -0.4 is 15.2 Å². The number of hydrogen-bond acceptors (Lipinski definition) is 4. The second kappa shape index (κ2) is 3.38. The zero-order valence-electron chi connectivity index (χ0n) is 7.25. The average Bonchev–Trinajstić information content (AvgIpc) is 2.64. The highest BCUT2D eigenvalue weighted by molar-refractivity contribution is 6.31. The topological polar surface area (TPSA) is 61.6 Å². The van der Waals surface area contributed by atoms with Crippen molar-refractivity contribution < 1.29 is 14.3 Å². The lowest BCUT2D eigenvalue weighted by molar-refractivity contribution is 0.101. The molecule has 1 heterocycles. The van der Waals surface area contributed by atoms with Crippen molar-refractivity contribution in [1.29, 1.82) is 0 Å². The minimum atomic E-state index is -0.258. The number of carbonyl (C=O) groups excluding carboxylic acids is 1. The number of nitrogens with two attached hydrogens (primary N) is 1. The minimum Gasteiger partial charge on any atom is -0.454 e. The first-order valence-electron chi connectivity index (χ1n) is 4.01. The zero-order valence-corrected chi connectivity index (χ0v) is 8.00. The number of Topliss-reactive ketones (excluding diaryl/α,β-unsaturated/α-hetero) is 1. The number of benzene rings is 1. The highest BCUT2D eigenvalue weighted by atomic mass is 35.5. The Morgan fingerprint density at radius 2 is 2.29 bits per heavy atom. The highest BCUT2D eigenvalue weighted by Gasteiger charge is 2.23. The Morgan fingerprint density at radius 1 is 1.50 bits per heavy atom. The van der Waals surface area contributed by atoms with Crippen LogP contribution in [0.4, 0.5) is 5.69 Å². The molecular formula is C9H8ClNO3. The van der Waals surface area contributed by atoms with Crippen molar-refractivity contribution in [2.75, 3.05) is 18.4 Å². The summed E-state index contributed by atoms with van der Waals surface area (Å²) in [6.07, 6.45) is 0. The van der Waals surface area contributed by atoms with E-state index < -0.39 is 0 Å². The molecule has 1 aliphatic rings. The number of halogens is 1. The molecule has 0 saturated carbocycles. The van der Waals surface area contributed by atoms with Gasteiger partial charge in [-0.3, -0.25) is 4.79 Å². The molecule has 0 saturated heterocycles. The third kappa shape index (κ3) is 1.28. The first-order valence-corrected chi connectivity index (χ1v) is 4.54. The molecule has 0 radical (unpaired) electrons. The largest absolute Gasteiger partial charge is 0.454 e. The average molecular weight is 214 g/mol. The van der Waals surface area contributed by atoms with Gasteiger partial charge in [0, 0.05) is 5.69 Å². The van der Waals surface area contributed by atoms with Crippen LogP contribution in [0.15, 0.2) is 12.1 Å². The molecule has 1 aromatic rings. The number of nitrogen functional groups attached to an aromatic ring is 1. The number of hydrogen-bond donors (Lipinski definition) is 1. The third-order valence-corrected chi connectivity index (χ3v) is 2.21. The quantitative estimate of drug-likeness (QED) is 0.459. The van der Waals surface area contributed by atoms with Gasteiger partial charge < -0.3 is 15.2 Å². The predicted molar refractivity (Wildman–Crippen MR) is 52.0 cm³/mol. The monoisotopic (exact) mass is 213 g/mol. The van der Waals surface area contributed by atoms with Crippen molar-refractivity contribution in [3.8, 4) is 11.5 Å². The van der Waals surface area contributed by atoms with Gasteiger partial charge >= 0.3 is 0 Å². The molecular weight excluding hydrogens is 206 g/mol. The van der Waals surface area contributed by atoms with Gasteiger partial charge in [0.25, 0.3) is 0 Å². The molecule has 0 atom stereocenters. The zero-order chi connectivity index (χ0) is 10.1. The SMILES string of the molecule is Nc1ccc2c(c1C(=O)CCl)OCO2. The first-order chi connectivity index (χ1) is 6.74. The van der Waals surface area contributed by atoms with Crippen LogP contribution >= 0.6 is 11.6 Å². The molecule has 5 heteroatoms. The van der Waals surface area contributed by atoms with Gasteiger partial charge in [0.1, 0.15) is 0 Å². The number of anilines is 1. The standard InChI is InChI=1S/C9H8ClNO3/c10-3-6(12)8-5(11)1-2-7-9(8)14-4-13-7/h1-2H,3-4,11H2. The van der Waals surface area contributed by atoms with E-state index in [9.17, 15) is 4.79 Å². The number of ketones is 1. The van der Waals surface area contributed by atoms with Crippen LogP contribution in [0.25, 0.3) is 0 Å². The maximum absolute atomic E-state index is 11.4. The number of alkyl halides is 1. The number of carbonyl (C=O) groups is 1. The highest BCUT2D eigenvalue weighted by Crippen LogP contribution is 2.38. The van der Waals surface area contributed by atoms with Crippen LogP contribution in [0.2, 0.25) is 0 Å². The summed E-state index contributed by atoms with van der Waals surface area (Å²) in [5, 5.41) is 0. The fourth-order valence-electron chi connectivity index (χ4n) is 1.34. The number of fused-ring (bicyclic) bond motifs is 1. The maximum atomic E-state index is 11.4. The maximum Gasteiger partial charge on any atom is 0.231 e. The molecule has 0 unspecified atom stereocenters. The summed E-state index contributed by atoms with van der Waals surface area (Å²) in [6.45, 7) is 0.112. The Labute approximate surface area is 85.6 Å². The summed E-state index contributed by atoms with van der Waals surface area (Å²) in [7, 11) is 0. The predicted octanol–water partition coefficient (Wildman–Crippen LogP) is 1.42. The van der Waals surface area contributed by atoms with Crippen molar-refractivity contribution in [3.63, 3.8) is 0 Å². The van der Waals surface area contributed by atoms with E-state index in [2.05, 4.69) is 0 Å². The summed E-state index contributed by atoms with van der Waals surface area (Å²) < 4.78 is 10.3. The van der Waals surface area contributed by atoms with E-state index in [1.54, 1.807) is 12.1 Å². The van der Waals surface area contributed by atoms with Crippen LogP contribution in [-0.4, -0.2) is 18.5 Å². The molecule has 0 bridgehead atoms. The van der Waals surface area contributed by atoms with Gasteiger partial charge in [-0.2, -0.15) is 0 Å². The van der Waals surface area contributed by atoms with Gasteiger partial charge in [-0.1, -0.05) is 0 Å². The fraction of sp³-hybridized carbons (Fsp3) is 0.222. The summed E-state index contributed by atoms with van der Waals surface area (Å²) >= 11 is 5.46. The third-order valence-electron chi connectivity index (χ3n) is 1.97. The Kier molecular flexibility index (Phi) is 2.21. The minimum absolute atomic E-state index is 0.112. The summed E-state index contributed by atoms with van der Waals surface area (Å²) in [4.78, 5) is 11.4. The molecule has 1 aliphatic heterocycles. The summed E-state index contributed by atoms with van der Waals surface area (Å²) in [5.41, 5.74) is 6.33. The van der Waals surface area contributed by atoms with Gasteiger partial charge in [-0.05, 0) is 12.1 Å². The molecule has 4 nitrogen and oxygen atoms in total. The first kappa shape index (κ1) is 9.15. The molecule has 0 spiro atoms. The van der Waals surface area contributed by atoms with Gasteiger partial charge in [-0.25, -0.2) is 0 Å². The summed E-state index contributed by atoms with van der Waals surface area (Å²) in [6, 6.07) is 3.27. The van der Waals surface area contributed by atoms with Gasteiger partial charge in [0.05, 0.1) is 11.4 Å². The van der Waals surface area contributed by atoms with Crippen LogP contribution in [-0.2, 0) is 0 Å². The Balaban J connectivity index is 2.57. The lowest BCUT2D eigenvalue weighted by atomic mass is 10.1. The van der Waals surface area contributed by atoms with Crippen molar-refractivity contribution in [2.45, 2.75) is 0 Å². The molecule has 0 aromatic heterocycles. The second-order valence-electron chi connectivity index (χ2n) is 2.82. The van der Waals surface area contributed by atoms with Crippen molar-refractivity contribution in [1.82, 2.24) is 0 Å². The molecule has 74 valence electrons. The van der Waals surface area contributed by atoms with E-state index >= 15 is 0 Å². The van der Waals surface area contributed by atoms with Crippen molar-refractivity contribution >= 4 is 23.1 Å². The molecule has 1 aromatic carbocycles. The summed E-state index contributed by atoms with van der Waals surface area (Å²) in [5.74, 6) is 0.555. The van der Waals surface area contributed by atoms with Gasteiger partial charge in [0.15, 0.2) is 17.3 Å². The van der Waals surface area contributed by atoms with E-state index in [1.807, 2.05) is 0 Å². The normalized spacial score (nSPS) is 12.9. The molecule has 2 rings (SSSR count). The van der Waals surface area contributed by atoms with E-state index in [0.717, 1.165) is 0 Å². The van der Waals surface area contributed by atoms with Crippen LogP contribution in [0.5, 0.6) is 11.5 Å². The number of ether oxygens (including phenoxy) is 2. The second-order valence-corrected chi connectivity index (χ2v) is 3.09. The van der Waals surface area contributed by atoms with Crippen LogP contribution in [0, 0.1) is 0 Å². The van der Waals surface area contributed by atoms with Gasteiger partial charge in [0.2, 0.25) is 6.79 Å². The van der Waals surface area contributed by atoms with Crippen LogP contribution in [0.1, 0.15) is 10.4 Å². The van der Waals surface area contributed by atoms with Crippen LogP contribution in [0.3, 0.4) is 0 Å². The lowest BCUT2D eigenvalue weighted by Crippen LogP contribution is -2.06. The van der Waals surface area contributed by atoms with E-state index in [0.29, 0.717) is 22.7 Å². The Morgan fingerprint density at radius 3 is 3.00 bits per heavy atom. The number of rotatable bonds is 2. The van der Waals surface area contributed by atoms with E-state index in [-0.39, 0.29) is 18.5 Å². The molecule has 0 amide bonds. The lowest BCUT2D eigenvalue weighted by Gasteiger charge is -2.05. The molecule has 0 aliphatic carbocycles.